The molecule has 13 heteroatoms. The summed E-state index contributed by atoms with van der Waals surface area (Å²) in [5.41, 5.74) is -0.0513. The molecule has 2 aromatic rings. The second-order valence-corrected chi connectivity index (χ2v) is 10.7. The molecule has 0 radical (unpaired) electrons. The first-order valence-electron chi connectivity index (χ1n) is 12.7. The molecule has 2 saturated carbocycles. The number of amides is 1. The summed E-state index contributed by atoms with van der Waals surface area (Å²) in [5, 5.41) is 22.0. The van der Waals surface area contributed by atoms with Gasteiger partial charge in [-0.1, -0.05) is 30.9 Å². The van der Waals surface area contributed by atoms with E-state index in [1.807, 2.05) is 0 Å². The molecule has 2 unspecified atom stereocenters. The molecule has 2 fully saturated rings. The van der Waals surface area contributed by atoms with E-state index in [4.69, 9.17) is 25.5 Å². The van der Waals surface area contributed by atoms with Crippen molar-refractivity contribution in [1.29, 1.82) is 0 Å². The minimum Gasteiger partial charge on any atom is -0.480 e. The van der Waals surface area contributed by atoms with Gasteiger partial charge >= 0.3 is 6.36 Å². The zero-order valence-corrected chi connectivity index (χ0v) is 21.3. The zero-order chi connectivity index (χ0) is 26.9. The highest BCUT2D eigenvalue weighted by Gasteiger charge is 2.43. The van der Waals surface area contributed by atoms with Gasteiger partial charge in [0.05, 0.1) is 24.4 Å². The third-order valence-electron chi connectivity index (χ3n) is 7.36. The summed E-state index contributed by atoms with van der Waals surface area (Å²) in [4.78, 5) is 13.2. The first-order valence-corrected chi connectivity index (χ1v) is 13.1. The number of alkyl halides is 3. The molecule has 2 heterocycles. The van der Waals surface area contributed by atoms with Crippen molar-refractivity contribution >= 4 is 17.5 Å². The number of carbonyl (C=O) groups is 1. The van der Waals surface area contributed by atoms with E-state index in [-0.39, 0.29) is 56.1 Å². The number of fused-ring (bicyclic) bond motifs is 1. The van der Waals surface area contributed by atoms with Crippen molar-refractivity contribution in [2.45, 2.75) is 94.1 Å². The molecule has 0 spiro atoms. The fourth-order valence-electron chi connectivity index (χ4n) is 5.33. The van der Waals surface area contributed by atoms with Crippen LogP contribution >= 0.6 is 11.6 Å². The lowest BCUT2D eigenvalue weighted by molar-refractivity contribution is -0.352. The van der Waals surface area contributed by atoms with Crippen molar-refractivity contribution in [3.05, 3.63) is 40.6 Å². The number of nitrogens with one attached hydrogen (secondary N) is 1. The Labute approximate surface area is 222 Å². The Hall–Kier alpha value is -2.41. The van der Waals surface area contributed by atoms with Crippen LogP contribution in [-0.2, 0) is 20.9 Å². The number of carbonyl (C=O) groups excluding carboxylic acids is 1. The predicted molar refractivity (Wildman–Crippen MR) is 126 cm³/mol. The Morgan fingerprint density at radius 2 is 1.95 bits per heavy atom. The fourth-order valence-corrected chi connectivity index (χ4v) is 5.51. The average Bonchev–Trinajstić information content (AvgIpc) is 3.29. The monoisotopic (exact) mass is 559 g/mol. The highest BCUT2D eigenvalue weighted by Crippen LogP contribution is 2.41. The smallest absolute Gasteiger partial charge is 0.480 e. The number of hydrogen-bond acceptors (Lipinski definition) is 8. The zero-order valence-electron chi connectivity index (χ0n) is 20.5. The molecule has 2 atom stereocenters. The molecule has 2 aliphatic carbocycles. The number of halogens is 4. The predicted octanol–water partition coefficient (Wildman–Crippen LogP) is 4.73. The quantitative estimate of drug-likeness (QED) is 0.477. The molecule has 1 aromatic carbocycles. The third-order valence-corrected chi connectivity index (χ3v) is 7.59. The largest absolute Gasteiger partial charge is 0.522 e. The lowest BCUT2D eigenvalue weighted by atomic mass is 9.82. The van der Waals surface area contributed by atoms with Crippen LogP contribution in [0.25, 0.3) is 0 Å². The first kappa shape index (κ1) is 27.2. The Morgan fingerprint density at radius 1 is 1.18 bits per heavy atom. The van der Waals surface area contributed by atoms with Gasteiger partial charge in [0.2, 0.25) is 11.8 Å². The molecule has 9 nitrogen and oxygen atoms in total. The molecular formula is C25H29ClF3N3O6. The van der Waals surface area contributed by atoms with Crippen LogP contribution in [0, 0.1) is 0 Å². The summed E-state index contributed by atoms with van der Waals surface area (Å²) in [7, 11) is 0. The SMILES string of the molecule is O=C(NC1(COCc2nnc(C3CC(OC(F)(F)F)C3)o2)CCCCC1)C1CC(O)c2cc(Cl)ccc2O1. The minimum absolute atomic E-state index is 0.00655. The molecule has 5 rings (SSSR count). The van der Waals surface area contributed by atoms with Crippen molar-refractivity contribution in [2.75, 3.05) is 6.61 Å². The van der Waals surface area contributed by atoms with Crippen molar-refractivity contribution in [2.24, 2.45) is 0 Å². The fraction of sp³-hybridized carbons (Fsp3) is 0.640. The van der Waals surface area contributed by atoms with Crippen molar-refractivity contribution < 1.29 is 41.7 Å². The van der Waals surface area contributed by atoms with Crippen molar-refractivity contribution in [3.63, 3.8) is 0 Å². The molecule has 2 N–H and O–H groups in total. The van der Waals surface area contributed by atoms with Crippen molar-refractivity contribution in [3.8, 4) is 5.75 Å². The summed E-state index contributed by atoms with van der Waals surface area (Å²) >= 11 is 6.02. The van der Waals surface area contributed by atoms with Gasteiger partial charge in [0.25, 0.3) is 5.91 Å². The van der Waals surface area contributed by atoms with Gasteiger partial charge in [-0.3, -0.25) is 9.53 Å². The van der Waals surface area contributed by atoms with Crippen LogP contribution in [0.5, 0.6) is 5.75 Å². The number of aliphatic hydroxyl groups is 1. The highest BCUT2D eigenvalue weighted by atomic mass is 35.5. The Kier molecular flexibility index (Phi) is 7.86. The normalized spacial score (nSPS) is 26.7. The van der Waals surface area contributed by atoms with E-state index in [0.29, 0.717) is 16.3 Å². The van der Waals surface area contributed by atoms with Gasteiger partial charge in [0.15, 0.2) is 6.10 Å². The molecule has 0 saturated heterocycles. The van der Waals surface area contributed by atoms with Crippen molar-refractivity contribution in [1.82, 2.24) is 15.5 Å². The highest BCUT2D eigenvalue weighted by molar-refractivity contribution is 6.30. The van der Waals surface area contributed by atoms with Gasteiger partial charge in [-0.2, -0.15) is 0 Å². The summed E-state index contributed by atoms with van der Waals surface area (Å²) in [6, 6.07) is 4.92. The number of nitrogens with zero attached hydrogens (tertiary/aromatic N) is 2. The van der Waals surface area contributed by atoms with Gasteiger partial charge in [-0.15, -0.1) is 23.4 Å². The van der Waals surface area contributed by atoms with E-state index >= 15 is 0 Å². The Morgan fingerprint density at radius 3 is 2.68 bits per heavy atom. The molecule has 1 aromatic heterocycles. The van der Waals surface area contributed by atoms with Crippen LogP contribution in [0.4, 0.5) is 13.2 Å². The van der Waals surface area contributed by atoms with Crippen LogP contribution in [0.1, 0.15) is 80.7 Å². The molecule has 0 bridgehead atoms. The van der Waals surface area contributed by atoms with Gasteiger partial charge < -0.3 is 24.3 Å². The summed E-state index contributed by atoms with van der Waals surface area (Å²) in [6.07, 6.45) is -2.52. The van der Waals surface area contributed by atoms with Crippen LogP contribution in [0.15, 0.2) is 22.6 Å². The number of benzene rings is 1. The Bertz CT molecular complexity index is 1130. The van der Waals surface area contributed by atoms with Crippen LogP contribution in [0.2, 0.25) is 5.02 Å². The summed E-state index contributed by atoms with van der Waals surface area (Å²) < 4.78 is 58.3. The van der Waals surface area contributed by atoms with E-state index in [0.717, 1.165) is 32.1 Å². The van der Waals surface area contributed by atoms with Crippen LogP contribution in [-0.4, -0.2) is 51.9 Å². The molecule has 38 heavy (non-hydrogen) atoms. The summed E-state index contributed by atoms with van der Waals surface area (Å²) in [5.74, 6) is 0.306. The molecule has 1 aliphatic heterocycles. The second kappa shape index (κ2) is 11.0. The van der Waals surface area contributed by atoms with Gasteiger partial charge in [-0.05, 0) is 43.9 Å². The second-order valence-electron chi connectivity index (χ2n) is 10.3. The molecule has 208 valence electrons. The van der Waals surface area contributed by atoms with Crippen LogP contribution < -0.4 is 10.1 Å². The number of rotatable bonds is 8. The number of hydrogen-bond donors (Lipinski definition) is 2. The standard InChI is InChI=1S/C25H29ClF3N3O6/c26-15-4-5-19-17(10-15)18(33)11-20(36-19)22(34)30-24(6-2-1-3-7-24)13-35-12-21-31-32-23(37-21)14-8-16(9-14)38-25(27,28)29/h4-5,10,14,16,18,20,33H,1-3,6-9,11-13H2,(H,30,34). The van der Waals surface area contributed by atoms with E-state index in [1.165, 1.54) is 0 Å². The topological polar surface area (TPSA) is 116 Å². The molecular weight excluding hydrogens is 531 g/mol. The maximum atomic E-state index is 13.2. The van der Waals surface area contributed by atoms with E-state index in [9.17, 15) is 23.1 Å². The maximum absolute atomic E-state index is 13.2. The number of aliphatic hydroxyl groups excluding tert-OH is 1. The van der Waals surface area contributed by atoms with E-state index in [1.54, 1.807) is 18.2 Å². The summed E-state index contributed by atoms with van der Waals surface area (Å²) in [6.45, 7) is 0.218. The van der Waals surface area contributed by atoms with Crippen LogP contribution in [0.3, 0.4) is 0 Å². The first-order chi connectivity index (χ1) is 18.1. The third kappa shape index (κ3) is 6.41. The van der Waals surface area contributed by atoms with E-state index in [2.05, 4.69) is 20.3 Å². The lowest BCUT2D eigenvalue weighted by Gasteiger charge is -2.39. The van der Waals surface area contributed by atoms with Gasteiger partial charge in [-0.25, -0.2) is 0 Å². The Balaban J connectivity index is 1.14. The van der Waals surface area contributed by atoms with E-state index < -0.39 is 30.2 Å². The molecule has 1 amide bonds. The average molecular weight is 560 g/mol. The minimum atomic E-state index is -4.66. The van der Waals surface area contributed by atoms with Gasteiger partial charge in [0, 0.05) is 22.9 Å². The number of aromatic nitrogens is 2. The molecule has 3 aliphatic rings. The number of ether oxygens (including phenoxy) is 3. The lowest BCUT2D eigenvalue weighted by Crippen LogP contribution is -2.57. The maximum Gasteiger partial charge on any atom is 0.522 e. The van der Waals surface area contributed by atoms with Gasteiger partial charge in [0.1, 0.15) is 12.4 Å².